The van der Waals surface area contributed by atoms with Crippen molar-refractivity contribution in [2.45, 2.75) is 31.7 Å². The van der Waals surface area contributed by atoms with E-state index in [9.17, 15) is 28.0 Å². The minimum absolute atomic E-state index is 0.179. The average Bonchev–Trinajstić information content (AvgIpc) is 3.13. The van der Waals surface area contributed by atoms with Crippen LogP contribution >= 0.6 is 0 Å². The molecular formula is C16H14F2N2O4. The van der Waals surface area contributed by atoms with Crippen molar-refractivity contribution in [2.24, 2.45) is 0 Å². The molecule has 1 aromatic carbocycles. The number of Topliss-reactive ketones (excluding diaryl/α,β-unsaturated/α-hetero) is 1. The molecule has 0 unspecified atom stereocenters. The van der Waals surface area contributed by atoms with Gasteiger partial charge in [0.1, 0.15) is 0 Å². The summed E-state index contributed by atoms with van der Waals surface area (Å²) in [5, 5.41) is 0. The lowest BCUT2D eigenvalue weighted by Crippen LogP contribution is -2.41. The second kappa shape index (κ2) is 6.10. The largest absolute Gasteiger partial charge is 0.334 e. The first-order valence-corrected chi connectivity index (χ1v) is 7.57. The van der Waals surface area contributed by atoms with E-state index >= 15 is 0 Å². The highest BCUT2D eigenvalue weighted by Gasteiger charge is 2.48. The van der Waals surface area contributed by atoms with Crippen LogP contribution in [0.5, 0.6) is 0 Å². The molecule has 1 aromatic rings. The zero-order chi connectivity index (χ0) is 17.4. The summed E-state index contributed by atoms with van der Waals surface area (Å²) in [4.78, 5) is 49.9. The molecule has 1 aliphatic carbocycles. The highest BCUT2D eigenvalue weighted by molar-refractivity contribution is 6.45. The van der Waals surface area contributed by atoms with Crippen molar-refractivity contribution >= 4 is 23.6 Å². The number of nitrogens with zero attached hydrogens (tertiary/aromatic N) is 2. The molecule has 1 saturated heterocycles. The summed E-state index contributed by atoms with van der Waals surface area (Å²) >= 11 is 0. The Morgan fingerprint density at radius 3 is 2.33 bits per heavy atom. The van der Waals surface area contributed by atoms with E-state index in [0.717, 1.165) is 29.9 Å². The van der Waals surface area contributed by atoms with Crippen molar-refractivity contribution in [3.8, 4) is 0 Å². The smallest absolute Gasteiger partial charge is 0.292 e. The van der Waals surface area contributed by atoms with Crippen LogP contribution in [0.3, 0.4) is 0 Å². The summed E-state index contributed by atoms with van der Waals surface area (Å²) in [5.41, 5.74) is -0.179. The van der Waals surface area contributed by atoms with Crippen LogP contribution in [0.25, 0.3) is 0 Å². The van der Waals surface area contributed by atoms with Crippen LogP contribution in [-0.2, 0) is 9.59 Å². The number of carbonyl (C=O) groups is 4. The Balaban J connectivity index is 1.77. The number of imide groups is 2. The molecule has 2 fully saturated rings. The Morgan fingerprint density at radius 1 is 1.04 bits per heavy atom. The van der Waals surface area contributed by atoms with Gasteiger partial charge in [0.25, 0.3) is 0 Å². The van der Waals surface area contributed by atoms with Gasteiger partial charge in [-0.05, 0) is 31.0 Å². The molecule has 0 spiro atoms. The molecule has 126 valence electrons. The molecule has 0 N–H and O–H groups in total. The molecule has 0 bridgehead atoms. The minimum Gasteiger partial charge on any atom is -0.292 e. The lowest BCUT2D eigenvalue weighted by molar-refractivity contribution is -0.143. The molecule has 6 nitrogen and oxygen atoms in total. The Morgan fingerprint density at radius 2 is 1.71 bits per heavy atom. The van der Waals surface area contributed by atoms with Gasteiger partial charge in [-0.25, -0.2) is 18.5 Å². The number of halogens is 2. The molecule has 2 aliphatic rings. The summed E-state index contributed by atoms with van der Waals surface area (Å²) in [6.45, 7) is -0.683. The van der Waals surface area contributed by atoms with Gasteiger partial charge < -0.3 is 0 Å². The van der Waals surface area contributed by atoms with Gasteiger partial charge in [-0.15, -0.1) is 0 Å². The molecule has 24 heavy (non-hydrogen) atoms. The van der Waals surface area contributed by atoms with Gasteiger partial charge in [-0.2, -0.15) is 0 Å². The fraction of sp³-hybridized carbons (Fsp3) is 0.375. The Kier molecular flexibility index (Phi) is 4.13. The third kappa shape index (κ3) is 2.68. The van der Waals surface area contributed by atoms with Crippen molar-refractivity contribution in [1.82, 2.24) is 9.80 Å². The first kappa shape index (κ1) is 16.2. The number of ketones is 1. The van der Waals surface area contributed by atoms with Crippen molar-refractivity contribution in [3.63, 3.8) is 0 Å². The van der Waals surface area contributed by atoms with E-state index in [4.69, 9.17) is 0 Å². The molecule has 3 rings (SSSR count). The van der Waals surface area contributed by atoms with E-state index < -0.39 is 41.8 Å². The van der Waals surface area contributed by atoms with E-state index in [1.165, 1.54) is 0 Å². The quantitative estimate of drug-likeness (QED) is 0.478. The Bertz CT molecular complexity index is 744. The molecule has 1 heterocycles. The Labute approximate surface area is 136 Å². The average molecular weight is 336 g/mol. The number of hydrogen-bond acceptors (Lipinski definition) is 4. The minimum atomic E-state index is -1.21. The molecule has 4 amide bonds. The van der Waals surface area contributed by atoms with Gasteiger partial charge in [-0.1, -0.05) is 12.8 Å². The maximum atomic E-state index is 13.2. The molecular weight excluding hydrogens is 322 g/mol. The van der Waals surface area contributed by atoms with Gasteiger partial charge in [0.2, 0.25) is 0 Å². The van der Waals surface area contributed by atoms with Crippen LogP contribution < -0.4 is 0 Å². The summed E-state index contributed by atoms with van der Waals surface area (Å²) in [6, 6.07) is 1.39. The second-order valence-corrected chi connectivity index (χ2v) is 5.84. The topological polar surface area (TPSA) is 74.8 Å². The first-order valence-electron chi connectivity index (χ1n) is 7.57. The first-order chi connectivity index (χ1) is 11.4. The van der Waals surface area contributed by atoms with E-state index in [-0.39, 0.29) is 11.6 Å². The normalized spacial score (nSPS) is 18.8. The lowest BCUT2D eigenvalue weighted by Gasteiger charge is -2.20. The molecule has 8 heteroatoms. The van der Waals surface area contributed by atoms with Crippen LogP contribution in [0.4, 0.5) is 13.6 Å². The number of benzene rings is 1. The summed E-state index contributed by atoms with van der Waals surface area (Å²) in [5.74, 6) is -5.07. The van der Waals surface area contributed by atoms with Gasteiger partial charge in [-0.3, -0.25) is 19.3 Å². The van der Waals surface area contributed by atoms with Gasteiger partial charge in [0.15, 0.2) is 17.4 Å². The number of carbonyl (C=O) groups excluding carboxylic acids is 4. The predicted molar refractivity (Wildman–Crippen MR) is 76.9 cm³/mol. The molecule has 1 aliphatic heterocycles. The van der Waals surface area contributed by atoms with Crippen molar-refractivity contribution in [1.29, 1.82) is 0 Å². The number of amides is 4. The zero-order valence-electron chi connectivity index (χ0n) is 12.6. The number of hydrogen-bond donors (Lipinski definition) is 0. The maximum Gasteiger partial charge on any atom is 0.334 e. The number of urea groups is 1. The van der Waals surface area contributed by atoms with E-state index in [1.807, 2.05) is 0 Å². The maximum absolute atomic E-state index is 13.2. The molecule has 0 atom stereocenters. The fourth-order valence-corrected chi connectivity index (χ4v) is 3.05. The highest BCUT2D eigenvalue weighted by Crippen LogP contribution is 2.27. The van der Waals surface area contributed by atoms with Crippen LogP contribution in [-0.4, -0.2) is 46.0 Å². The van der Waals surface area contributed by atoms with Crippen molar-refractivity contribution in [2.75, 3.05) is 6.54 Å². The van der Waals surface area contributed by atoms with Crippen molar-refractivity contribution in [3.05, 3.63) is 35.4 Å². The summed E-state index contributed by atoms with van der Waals surface area (Å²) in [6.07, 6.45) is 3.00. The lowest BCUT2D eigenvalue weighted by atomic mass is 10.1. The second-order valence-electron chi connectivity index (χ2n) is 5.84. The predicted octanol–water partition coefficient (Wildman–Crippen LogP) is 1.88. The monoisotopic (exact) mass is 336 g/mol. The zero-order valence-corrected chi connectivity index (χ0v) is 12.6. The number of rotatable bonds is 4. The summed E-state index contributed by atoms with van der Waals surface area (Å²) in [7, 11) is 0. The SMILES string of the molecule is O=C(CN1C(=O)C(=O)N(C2CCCC2)C1=O)c1ccc(F)c(F)c1. The van der Waals surface area contributed by atoms with Gasteiger partial charge in [0.05, 0.1) is 6.54 Å². The summed E-state index contributed by atoms with van der Waals surface area (Å²) < 4.78 is 26.1. The Hall–Kier alpha value is -2.64. The van der Waals surface area contributed by atoms with E-state index in [2.05, 4.69) is 0 Å². The fourth-order valence-electron chi connectivity index (χ4n) is 3.05. The molecule has 1 saturated carbocycles. The van der Waals surface area contributed by atoms with Crippen LogP contribution in [0, 0.1) is 11.6 Å². The van der Waals surface area contributed by atoms with Gasteiger partial charge in [0, 0.05) is 11.6 Å². The van der Waals surface area contributed by atoms with Gasteiger partial charge >= 0.3 is 17.8 Å². The molecule has 0 radical (unpaired) electrons. The standard InChI is InChI=1S/C16H14F2N2O4/c17-11-6-5-9(7-12(11)18)13(21)8-19-14(22)15(23)20(16(19)24)10-3-1-2-4-10/h5-7,10H,1-4,8H2. The van der Waals surface area contributed by atoms with E-state index in [0.29, 0.717) is 23.8 Å². The van der Waals surface area contributed by atoms with E-state index in [1.54, 1.807) is 0 Å². The third-order valence-electron chi connectivity index (χ3n) is 4.32. The van der Waals surface area contributed by atoms with Crippen LogP contribution in [0.15, 0.2) is 18.2 Å². The van der Waals surface area contributed by atoms with Crippen LogP contribution in [0.1, 0.15) is 36.0 Å². The third-order valence-corrected chi connectivity index (χ3v) is 4.32. The molecule has 0 aromatic heterocycles. The van der Waals surface area contributed by atoms with Crippen molar-refractivity contribution < 1.29 is 28.0 Å². The highest BCUT2D eigenvalue weighted by atomic mass is 19.2. The van der Waals surface area contributed by atoms with Crippen LogP contribution in [0.2, 0.25) is 0 Å².